The molecule has 2 aromatic rings. The van der Waals surface area contributed by atoms with Crippen LogP contribution in [0.15, 0.2) is 48.5 Å². The van der Waals surface area contributed by atoms with Crippen molar-refractivity contribution < 1.29 is 9.53 Å². The smallest absolute Gasteiger partial charge is 0.227 e. The van der Waals surface area contributed by atoms with Gasteiger partial charge in [0.2, 0.25) is 5.91 Å². The van der Waals surface area contributed by atoms with Crippen LogP contribution in [0.25, 0.3) is 0 Å². The van der Waals surface area contributed by atoms with Gasteiger partial charge in [-0.15, -0.1) is 0 Å². The van der Waals surface area contributed by atoms with Crippen molar-refractivity contribution in [3.63, 3.8) is 0 Å². The molecule has 2 aromatic carbocycles. The molecule has 0 aliphatic heterocycles. The van der Waals surface area contributed by atoms with Crippen molar-refractivity contribution >= 4 is 11.6 Å². The fraction of sp³-hybridized carbons (Fsp3) is 0.235. The van der Waals surface area contributed by atoms with E-state index in [2.05, 4.69) is 5.32 Å². The molecule has 1 amide bonds. The summed E-state index contributed by atoms with van der Waals surface area (Å²) in [5.74, 6) is 0.790. The van der Waals surface area contributed by atoms with Crippen LogP contribution >= 0.6 is 0 Å². The number of hydrogen-bond donors (Lipinski definition) is 1. The normalized spacial score (nSPS) is 10.1. The SMILES string of the molecule is Cc1ccc(NC(=O)CCOc2ccccc2C)cc1. The van der Waals surface area contributed by atoms with Crippen molar-refractivity contribution in [1.29, 1.82) is 0 Å². The predicted octanol–water partition coefficient (Wildman–Crippen LogP) is 3.71. The van der Waals surface area contributed by atoms with Gasteiger partial charge in [0.05, 0.1) is 13.0 Å². The molecule has 0 aromatic heterocycles. The largest absolute Gasteiger partial charge is 0.493 e. The lowest BCUT2D eigenvalue weighted by Crippen LogP contribution is -2.15. The van der Waals surface area contributed by atoms with Gasteiger partial charge in [0.1, 0.15) is 5.75 Å². The number of carbonyl (C=O) groups is 1. The van der Waals surface area contributed by atoms with Gasteiger partial charge in [-0.3, -0.25) is 4.79 Å². The molecule has 0 saturated heterocycles. The van der Waals surface area contributed by atoms with E-state index >= 15 is 0 Å². The van der Waals surface area contributed by atoms with Crippen molar-refractivity contribution in [1.82, 2.24) is 0 Å². The Kier molecular flexibility index (Phi) is 4.77. The van der Waals surface area contributed by atoms with Crippen LogP contribution in [0.2, 0.25) is 0 Å². The van der Waals surface area contributed by atoms with E-state index in [0.29, 0.717) is 13.0 Å². The quantitative estimate of drug-likeness (QED) is 0.898. The number of amides is 1. The van der Waals surface area contributed by atoms with Gasteiger partial charge in [-0.2, -0.15) is 0 Å². The number of rotatable bonds is 5. The van der Waals surface area contributed by atoms with E-state index in [1.54, 1.807) is 0 Å². The van der Waals surface area contributed by atoms with Gasteiger partial charge < -0.3 is 10.1 Å². The van der Waals surface area contributed by atoms with Crippen LogP contribution in [0.3, 0.4) is 0 Å². The molecule has 0 heterocycles. The fourth-order valence-corrected chi connectivity index (χ4v) is 1.83. The summed E-state index contributed by atoms with van der Waals surface area (Å²) in [7, 11) is 0. The number of carbonyl (C=O) groups excluding carboxylic acids is 1. The van der Waals surface area contributed by atoms with Crippen LogP contribution in [0.5, 0.6) is 5.75 Å². The average molecular weight is 269 g/mol. The average Bonchev–Trinajstić information content (AvgIpc) is 2.43. The molecule has 104 valence electrons. The summed E-state index contributed by atoms with van der Waals surface area (Å²) in [5, 5.41) is 2.85. The predicted molar refractivity (Wildman–Crippen MR) is 81.1 cm³/mol. The van der Waals surface area contributed by atoms with E-state index in [1.165, 1.54) is 5.56 Å². The highest BCUT2D eigenvalue weighted by atomic mass is 16.5. The molecule has 3 nitrogen and oxygen atoms in total. The Labute approximate surface area is 119 Å². The summed E-state index contributed by atoms with van der Waals surface area (Å²) in [6.45, 7) is 4.38. The van der Waals surface area contributed by atoms with E-state index in [9.17, 15) is 4.79 Å². The minimum Gasteiger partial charge on any atom is -0.493 e. The van der Waals surface area contributed by atoms with Crippen LogP contribution in [0, 0.1) is 13.8 Å². The number of nitrogens with one attached hydrogen (secondary N) is 1. The van der Waals surface area contributed by atoms with Crippen LogP contribution in [-0.4, -0.2) is 12.5 Å². The Balaban J connectivity index is 1.78. The van der Waals surface area contributed by atoms with E-state index in [0.717, 1.165) is 17.0 Å². The second kappa shape index (κ2) is 6.75. The first-order valence-corrected chi connectivity index (χ1v) is 6.70. The third-order valence-corrected chi connectivity index (χ3v) is 3.02. The molecule has 0 spiro atoms. The molecular weight excluding hydrogens is 250 g/mol. The van der Waals surface area contributed by atoms with Crippen LogP contribution in [0.1, 0.15) is 17.5 Å². The molecule has 20 heavy (non-hydrogen) atoms. The number of ether oxygens (including phenoxy) is 1. The Bertz CT molecular complexity index is 576. The highest BCUT2D eigenvalue weighted by Crippen LogP contribution is 2.16. The topological polar surface area (TPSA) is 38.3 Å². The number of anilines is 1. The maximum absolute atomic E-state index is 11.8. The molecule has 2 rings (SSSR count). The van der Waals surface area contributed by atoms with Gasteiger partial charge in [0.15, 0.2) is 0 Å². The lowest BCUT2D eigenvalue weighted by Gasteiger charge is -2.09. The third-order valence-electron chi connectivity index (χ3n) is 3.02. The summed E-state index contributed by atoms with van der Waals surface area (Å²) in [4.78, 5) is 11.8. The summed E-state index contributed by atoms with van der Waals surface area (Å²) in [6, 6.07) is 15.5. The number of para-hydroxylation sites is 1. The highest BCUT2D eigenvalue weighted by molar-refractivity contribution is 5.90. The third kappa shape index (κ3) is 4.12. The second-order valence-corrected chi connectivity index (χ2v) is 4.78. The van der Waals surface area contributed by atoms with Gasteiger partial charge in [-0.05, 0) is 37.6 Å². The van der Waals surface area contributed by atoms with Crippen LogP contribution in [-0.2, 0) is 4.79 Å². The monoisotopic (exact) mass is 269 g/mol. The van der Waals surface area contributed by atoms with E-state index in [4.69, 9.17) is 4.74 Å². The lowest BCUT2D eigenvalue weighted by molar-refractivity contribution is -0.116. The van der Waals surface area contributed by atoms with Crippen molar-refractivity contribution in [2.45, 2.75) is 20.3 Å². The minimum absolute atomic E-state index is 0.0394. The second-order valence-electron chi connectivity index (χ2n) is 4.78. The molecule has 0 aliphatic carbocycles. The molecule has 0 aliphatic rings. The summed E-state index contributed by atoms with van der Waals surface area (Å²) in [5.41, 5.74) is 3.06. The van der Waals surface area contributed by atoms with Crippen molar-refractivity contribution in [3.05, 3.63) is 59.7 Å². The van der Waals surface area contributed by atoms with Gasteiger partial charge in [-0.25, -0.2) is 0 Å². The molecule has 0 saturated carbocycles. The minimum atomic E-state index is -0.0394. The first-order valence-electron chi connectivity index (χ1n) is 6.70. The van der Waals surface area contributed by atoms with Gasteiger partial charge in [0, 0.05) is 5.69 Å². The Morgan fingerprint density at radius 3 is 2.45 bits per heavy atom. The Morgan fingerprint density at radius 1 is 1.05 bits per heavy atom. The zero-order valence-electron chi connectivity index (χ0n) is 11.8. The molecule has 0 radical (unpaired) electrons. The zero-order valence-corrected chi connectivity index (χ0v) is 11.8. The fourth-order valence-electron chi connectivity index (χ4n) is 1.83. The van der Waals surface area contributed by atoms with Crippen molar-refractivity contribution in [3.8, 4) is 5.75 Å². The first kappa shape index (κ1) is 14.1. The molecule has 3 heteroatoms. The summed E-state index contributed by atoms with van der Waals surface area (Å²) >= 11 is 0. The number of benzene rings is 2. The highest BCUT2D eigenvalue weighted by Gasteiger charge is 2.04. The van der Waals surface area contributed by atoms with Crippen molar-refractivity contribution in [2.24, 2.45) is 0 Å². The van der Waals surface area contributed by atoms with Gasteiger partial charge >= 0.3 is 0 Å². The standard InChI is InChI=1S/C17H19NO2/c1-13-7-9-15(10-8-13)18-17(19)11-12-20-16-6-4-3-5-14(16)2/h3-10H,11-12H2,1-2H3,(H,18,19). The van der Waals surface area contributed by atoms with Crippen LogP contribution in [0.4, 0.5) is 5.69 Å². The first-order chi connectivity index (χ1) is 9.65. The molecule has 1 N–H and O–H groups in total. The Morgan fingerprint density at radius 2 is 1.75 bits per heavy atom. The molecular formula is C17H19NO2. The Hall–Kier alpha value is -2.29. The zero-order chi connectivity index (χ0) is 14.4. The van der Waals surface area contributed by atoms with E-state index in [-0.39, 0.29) is 5.91 Å². The number of aryl methyl sites for hydroxylation is 2. The maximum atomic E-state index is 11.8. The molecule has 0 fully saturated rings. The van der Waals surface area contributed by atoms with Gasteiger partial charge in [0.25, 0.3) is 0 Å². The summed E-state index contributed by atoms with van der Waals surface area (Å²) in [6.07, 6.45) is 0.336. The molecule has 0 atom stereocenters. The lowest BCUT2D eigenvalue weighted by atomic mass is 10.2. The van der Waals surface area contributed by atoms with Gasteiger partial charge in [-0.1, -0.05) is 35.9 Å². The molecule has 0 unspecified atom stereocenters. The van der Waals surface area contributed by atoms with Crippen molar-refractivity contribution in [2.75, 3.05) is 11.9 Å². The maximum Gasteiger partial charge on any atom is 0.227 e. The molecule has 0 bridgehead atoms. The van der Waals surface area contributed by atoms with Crippen LogP contribution < -0.4 is 10.1 Å². The van der Waals surface area contributed by atoms with E-state index < -0.39 is 0 Å². The number of hydrogen-bond acceptors (Lipinski definition) is 2. The summed E-state index contributed by atoms with van der Waals surface area (Å²) < 4.78 is 5.60. The van der Waals surface area contributed by atoms with E-state index in [1.807, 2.05) is 62.4 Å².